The minimum Gasteiger partial charge on any atom is -0.618 e. The molecule has 2 rings (SSSR count). The lowest BCUT2D eigenvalue weighted by Gasteiger charge is -2.17. The zero-order valence-corrected chi connectivity index (χ0v) is 13.5. The number of hydrogen-bond donors (Lipinski definition) is 1. The van der Waals surface area contributed by atoms with Gasteiger partial charge in [0.1, 0.15) is 11.4 Å². The number of nitro benzene ring substituents is 1. The van der Waals surface area contributed by atoms with Crippen LogP contribution in [0.25, 0.3) is 0 Å². The second-order valence-corrected chi connectivity index (χ2v) is 6.01. The zero-order chi connectivity index (χ0) is 17.9. The maximum atomic E-state index is 12.1. The van der Waals surface area contributed by atoms with E-state index in [2.05, 4.69) is 5.16 Å². The van der Waals surface area contributed by atoms with Crippen LogP contribution in [0.5, 0.6) is 5.75 Å². The second-order valence-electron chi connectivity index (χ2n) is 6.01. The molecule has 8 nitrogen and oxygen atoms in total. The molecule has 0 aliphatic heterocycles. The first-order chi connectivity index (χ1) is 11.2. The van der Waals surface area contributed by atoms with E-state index >= 15 is 0 Å². The van der Waals surface area contributed by atoms with E-state index in [4.69, 9.17) is 4.84 Å². The van der Waals surface area contributed by atoms with E-state index in [1.54, 1.807) is 26.8 Å². The van der Waals surface area contributed by atoms with Crippen LogP contribution in [0.2, 0.25) is 0 Å². The van der Waals surface area contributed by atoms with E-state index in [0.717, 1.165) is 12.1 Å². The van der Waals surface area contributed by atoms with Crippen molar-refractivity contribution in [1.82, 2.24) is 0 Å². The average molecular weight is 331 g/mol. The molecule has 0 atom stereocenters. The van der Waals surface area contributed by atoms with Gasteiger partial charge in [0.15, 0.2) is 11.9 Å². The SMILES string of the molecule is CC(C)(C)ON=C(c1cc([N+](=O)[O-])ccc1O)c1cccc[n+]1[O-]. The van der Waals surface area contributed by atoms with Crippen LogP contribution in [-0.2, 0) is 4.84 Å². The van der Waals surface area contributed by atoms with Crippen molar-refractivity contribution in [2.24, 2.45) is 5.16 Å². The van der Waals surface area contributed by atoms with Crippen LogP contribution in [0.3, 0.4) is 0 Å². The highest BCUT2D eigenvalue weighted by Gasteiger charge is 2.24. The topological polar surface area (TPSA) is 112 Å². The molecular formula is C16H17N3O5. The number of phenols is 1. The Balaban J connectivity index is 2.65. The maximum Gasteiger partial charge on any atom is 0.270 e. The summed E-state index contributed by atoms with van der Waals surface area (Å²) >= 11 is 0. The van der Waals surface area contributed by atoms with Crippen LogP contribution in [-0.4, -0.2) is 21.3 Å². The summed E-state index contributed by atoms with van der Waals surface area (Å²) in [5.74, 6) is -0.249. The van der Waals surface area contributed by atoms with Gasteiger partial charge in [-0.25, -0.2) is 0 Å². The normalized spacial score (nSPS) is 12.0. The summed E-state index contributed by atoms with van der Waals surface area (Å²) in [5.41, 5.74) is -0.757. The van der Waals surface area contributed by atoms with Crippen LogP contribution >= 0.6 is 0 Å². The fraction of sp³-hybridized carbons (Fsp3) is 0.250. The number of pyridine rings is 1. The van der Waals surface area contributed by atoms with Gasteiger partial charge in [-0.05, 0) is 32.9 Å². The summed E-state index contributed by atoms with van der Waals surface area (Å²) in [6.45, 7) is 5.28. The molecule has 8 heteroatoms. The minimum absolute atomic E-state index is 0.00160. The minimum atomic E-state index is -0.649. The molecule has 0 bridgehead atoms. The van der Waals surface area contributed by atoms with E-state index in [9.17, 15) is 20.4 Å². The number of oxime groups is 1. The van der Waals surface area contributed by atoms with Crippen LogP contribution in [0, 0.1) is 15.3 Å². The molecule has 0 fully saturated rings. The van der Waals surface area contributed by atoms with Gasteiger partial charge in [-0.3, -0.25) is 10.1 Å². The highest BCUT2D eigenvalue weighted by atomic mass is 16.6. The van der Waals surface area contributed by atoms with Crippen LogP contribution in [0.15, 0.2) is 47.8 Å². The third-order valence-electron chi connectivity index (χ3n) is 2.92. The Morgan fingerprint density at radius 1 is 1.29 bits per heavy atom. The van der Waals surface area contributed by atoms with Gasteiger partial charge in [-0.2, -0.15) is 4.73 Å². The Morgan fingerprint density at radius 3 is 2.58 bits per heavy atom. The number of aromatic nitrogens is 1. The standard InChI is InChI=1S/C16H17N3O5/c1-16(2,3)24-17-15(13-6-4-5-9-18(13)21)12-10-11(19(22)23)7-8-14(12)20/h4-10,20H,1-3H3. The molecule has 0 amide bonds. The third kappa shape index (κ3) is 3.97. The number of rotatable bonds is 4. The molecule has 1 heterocycles. The first kappa shape index (κ1) is 17.2. The number of hydrogen-bond acceptors (Lipinski definition) is 6. The predicted octanol–water partition coefficient (Wildman–Crippen LogP) is 2.50. The van der Waals surface area contributed by atoms with Gasteiger partial charge in [0, 0.05) is 24.3 Å². The Hall–Kier alpha value is -3.16. The summed E-state index contributed by atoms with van der Waals surface area (Å²) in [6, 6.07) is 8.12. The van der Waals surface area contributed by atoms with Gasteiger partial charge in [0.25, 0.3) is 5.69 Å². The Kier molecular flexibility index (Phi) is 4.68. The first-order valence-corrected chi connectivity index (χ1v) is 7.11. The molecule has 0 spiro atoms. The van der Waals surface area contributed by atoms with Crippen LogP contribution < -0.4 is 4.73 Å². The van der Waals surface area contributed by atoms with Crippen molar-refractivity contribution >= 4 is 11.4 Å². The van der Waals surface area contributed by atoms with E-state index in [0.29, 0.717) is 4.73 Å². The number of nitro groups is 1. The van der Waals surface area contributed by atoms with E-state index < -0.39 is 10.5 Å². The molecule has 0 saturated heterocycles. The Morgan fingerprint density at radius 2 is 2.00 bits per heavy atom. The van der Waals surface area contributed by atoms with Crippen molar-refractivity contribution in [3.8, 4) is 5.75 Å². The molecule has 1 N–H and O–H groups in total. The predicted molar refractivity (Wildman–Crippen MR) is 86.6 cm³/mol. The average Bonchev–Trinajstić information content (AvgIpc) is 2.49. The van der Waals surface area contributed by atoms with Crippen molar-refractivity contribution in [1.29, 1.82) is 0 Å². The summed E-state index contributed by atoms with van der Waals surface area (Å²) in [7, 11) is 0. The number of aromatic hydroxyl groups is 1. The molecular weight excluding hydrogens is 314 g/mol. The highest BCUT2D eigenvalue weighted by Crippen LogP contribution is 2.26. The van der Waals surface area contributed by atoms with E-state index in [1.165, 1.54) is 24.4 Å². The van der Waals surface area contributed by atoms with Crippen molar-refractivity contribution in [3.05, 3.63) is 69.2 Å². The van der Waals surface area contributed by atoms with Gasteiger partial charge in [0.05, 0.1) is 10.5 Å². The molecule has 1 aromatic heterocycles. The van der Waals surface area contributed by atoms with E-state index in [1.807, 2.05) is 0 Å². The molecule has 0 radical (unpaired) electrons. The van der Waals surface area contributed by atoms with Gasteiger partial charge in [0.2, 0.25) is 5.69 Å². The van der Waals surface area contributed by atoms with Gasteiger partial charge >= 0.3 is 0 Å². The molecule has 0 unspecified atom stereocenters. The molecule has 24 heavy (non-hydrogen) atoms. The van der Waals surface area contributed by atoms with Crippen molar-refractivity contribution in [2.45, 2.75) is 26.4 Å². The highest BCUT2D eigenvalue weighted by molar-refractivity contribution is 6.12. The molecule has 0 aliphatic carbocycles. The van der Waals surface area contributed by atoms with Crippen molar-refractivity contribution in [2.75, 3.05) is 0 Å². The van der Waals surface area contributed by atoms with Gasteiger partial charge < -0.3 is 15.2 Å². The number of benzene rings is 1. The summed E-state index contributed by atoms with van der Waals surface area (Å²) in [6.07, 6.45) is 1.26. The molecule has 1 aromatic carbocycles. The molecule has 126 valence electrons. The first-order valence-electron chi connectivity index (χ1n) is 7.11. The van der Waals surface area contributed by atoms with E-state index in [-0.39, 0.29) is 28.4 Å². The summed E-state index contributed by atoms with van der Waals surface area (Å²) in [4.78, 5) is 15.8. The largest absolute Gasteiger partial charge is 0.618 e. The van der Waals surface area contributed by atoms with Crippen molar-refractivity contribution in [3.63, 3.8) is 0 Å². The summed E-state index contributed by atoms with van der Waals surface area (Å²) in [5, 5.41) is 37.1. The monoisotopic (exact) mass is 331 g/mol. The lowest BCUT2D eigenvalue weighted by molar-refractivity contribution is -0.606. The fourth-order valence-corrected chi connectivity index (χ4v) is 1.86. The number of non-ortho nitro benzene ring substituents is 1. The third-order valence-corrected chi connectivity index (χ3v) is 2.92. The van der Waals surface area contributed by atoms with Crippen molar-refractivity contribution < 1.29 is 19.6 Å². The Bertz CT molecular complexity index is 797. The summed E-state index contributed by atoms with van der Waals surface area (Å²) < 4.78 is 0.545. The van der Waals surface area contributed by atoms with Crippen LogP contribution in [0.1, 0.15) is 32.0 Å². The molecule has 2 aromatic rings. The Labute approximate surface area is 138 Å². The fourth-order valence-electron chi connectivity index (χ4n) is 1.86. The van der Waals surface area contributed by atoms with Gasteiger partial charge in [-0.15, -0.1) is 0 Å². The second kappa shape index (κ2) is 6.53. The zero-order valence-electron chi connectivity index (χ0n) is 13.5. The lowest BCUT2D eigenvalue weighted by atomic mass is 10.0. The van der Waals surface area contributed by atoms with Gasteiger partial charge in [-0.1, -0.05) is 5.16 Å². The smallest absolute Gasteiger partial charge is 0.270 e. The lowest BCUT2D eigenvalue weighted by Crippen LogP contribution is -2.34. The maximum absolute atomic E-state index is 12.1. The quantitative estimate of drug-likeness (QED) is 0.304. The molecule has 0 saturated carbocycles. The number of nitrogens with zero attached hydrogens (tertiary/aromatic N) is 3. The molecule has 0 aliphatic rings. The number of phenolic OH excluding ortho intramolecular Hbond substituents is 1. The van der Waals surface area contributed by atoms with Crippen LogP contribution in [0.4, 0.5) is 5.69 Å².